The topological polar surface area (TPSA) is 101 Å². The number of benzene rings is 1. The van der Waals surface area contributed by atoms with E-state index in [1.54, 1.807) is 6.92 Å². The first-order valence-electron chi connectivity index (χ1n) is 7.39. The van der Waals surface area contributed by atoms with Crippen molar-refractivity contribution in [2.75, 3.05) is 24.6 Å². The second-order valence-corrected chi connectivity index (χ2v) is 10.2. The number of amides is 1. The van der Waals surface area contributed by atoms with E-state index in [0.29, 0.717) is 11.4 Å². The maximum Gasteiger partial charge on any atom is 0.243 e. The maximum atomic E-state index is 12.6. The first-order valence-corrected chi connectivity index (χ1v) is 11.0. The molecule has 1 aliphatic rings. The highest BCUT2D eigenvalue weighted by molar-refractivity contribution is 7.91. The number of halogens is 1. The number of rotatable bonds is 6. The summed E-state index contributed by atoms with van der Waals surface area (Å²) in [5.74, 6) is -0.579. The summed E-state index contributed by atoms with van der Waals surface area (Å²) in [7, 11) is -6.93. The number of hydrogen-bond donors (Lipinski definition) is 1. The molecule has 134 valence electrons. The van der Waals surface area contributed by atoms with Gasteiger partial charge in [0.2, 0.25) is 15.9 Å². The van der Waals surface area contributed by atoms with E-state index >= 15 is 0 Å². The Balaban J connectivity index is 2.05. The van der Waals surface area contributed by atoms with E-state index in [4.69, 9.17) is 11.6 Å². The van der Waals surface area contributed by atoms with Crippen molar-refractivity contribution in [3.05, 3.63) is 29.3 Å². The molecule has 1 fully saturated rings. The van der Waals surface area contributed by atoms with Crippen LogP contribution in [0, 0.1) is 0 Å². The number of carbonyl (C=O) groups excluding carboxylic acids is 1. The molecule has 0 saturated carbocycles. The Hall–Kier alpha value is -1.16. The third-order valence-corrected chi connectivity index (χ3v) is 7.68. The normalized spacial score (nSPS) is 20.2. The van der Waals surface area contributed by atoms with Gasteiger partial charge in [0.25, 0.3) is 0 Å². The summed E-state index contributed by atoms with van der Waals surface area (Å²) in [5.41, 5.74) is 0. The van der Waals surface area contributed by atoms with Gasteiger partial charge in [-0.25, -0.2) is 16.8 Å². The predicted octanol–water partition coefficient (Wildman–Crippen LogP) is 0.654. The molecule has 1 aromatic carbocycles. The van der Waals surface area contributed by atoms with Gasteiger partial charge in [0.15, 0.2) is 9.84 Å². The number of nitrogens with zero attached hydrogens (tertiary/aromatic N) is 1. The molecule has 24 heavy (non-hydrogen) atoms. The highest BCUT2D eigenvalue weighted by Gasteiger charge is 2.31. The lowest BCUT2D eigenvalue weighted by Crippen LogP contribution is -2.44. The van der Waals surface area contributed by atoms with Gasteiger partial charge in [-0.15, -0.1) is 0 Å². The lowest BCUT2D eigenvalue weighted by molar-refractivity contribution is -0.121. The molecule has 1 unspecified atom stereocenters. The second kappa shape index (κ2) is 7.38. The SMILES string of the molecule is CCN(CC(=O)NC1CCS(=O)(=O)C1)S(=O)(=O)c1ccc(Cl)cc1. The van der Waals surface area contributed by atoms with Gasteiger partial charge in [-0.05, 0) is 30.7 Å². The van der Waals surface area contributed by atoms with Gasteiger partial charge in [-0.2, -0.15) is 4.31 Å². The van der Waals surface area contributed by atoms with Gasteiger partial charge in [-0.1, -0.05) is 18.5 Å². The Morgan fingerprint density at radius 2 is 1.96 bits per heavy atom. The van der Waals surface area contributed by atoms with Crippen LogP contribution >= 0.6 is 11.6 Å². The summed E-state index contributed by atoms with van der Waals surface area (Å²) in [4.78, 5) is 12.1. The quantitative estimate of drug-likeness (QED) is 0.763. The van der Waals surface area contributed by atoms with Crippen molar-refractivity contribution in [3.8, 4) is 0 Å². The Morgan fingerprint density at radius 1 is 1.33 bits per heavy atom. The first kappa shape index (κ1) is 19.2. The van der Waals surface area contributed by atoms with Gasteiger partial charge < -0.3 is 5.32 Å². The molecule has 0 aliphatic carbocycles. The minimum absolute atomic E-state index is 0.0402. The third kappa shape index (κ3) is 4.69. The average molecular weight is 395 g/mol. The van der Waals surface area contributed by atoms with Crippen LogP contribution < -0.4 is 5.32 Å². The second-order valence-electron chi connectivity index (χ2n) is 5.55. The largest absolute Gasteiger partial charge is 0.351 e. The predicted molar refractivity (Wildman–Crippen MR) is 91.1 cm³/mol. The number of sulfonamides is 1. The molecule has 2 rings (SSSR count). The Labute approximate surface area is 147 Å². The fourth-order valence-electron chi connectivity index (χ4n) is 2.46. The number of carbonyl (C=O) groups is 1. The van der Waals surface area contributed by atoms with Crippen molar-refractivity contribution in [2.24, 2.45) is 0 Å². The van der Waals surface area contributed by atoms with Gasteiger partial charge in [0.1, 0.15) is 0 Å². The zero-order valence-corrected chi connectivity index (χ0v) is 15.5. The number of hydrogen-bond acceptors (Lipinski definition) is 5. The van der Waals surface area contributed by atoms with Crippen LogP contribution in [0.15, 0.2) is 29.2 Å². The van der Waals surface area contributed by atoms with E-state index in [-0.39, 0.29) is 29.5 Å². The van der Waals surface area contributed by atoms with Crippen LogP contribution in [0.5, 0.6) is 0 Å². The Kier molecular flexibility index (Phi) is 5.90. The van der Waals surface area contributed by atoms with E-state index in [1.165, 1.54) is 24.3 Å². The summed E-state index contributed by atoms with van der Waals surface area (Å²) in [5, 5.41) is 3.00. The van der Waals surface area contributed by atoms with Crippen molar-refractivity contribution < 1.29 is 21.6 Å². The molecular weight excluding hydrogens is 376 g/mol. The highest BCUT2D eigenvalue weighted by Crippen LogP contribution is 2.18. The minimum atomic E-state index is -3.82. The summed E-state index contributed by atoms with van der Waals surface area (Å²) >= 11 is 5.76. The average Bonchev–Trinajstić information content (AvgIpc) is 2.83. The first-order chi connectivity index (χ1) is 11.1. The van der Waals surface area contributed by atoms with Gasteiger partial charge in [0, 0.05) is 17.6 Å². The molecule has 1 atom stereocenters. The molecule has 0 radical (unpaired) electrons. The van der Waals surface area contributed by atoms with Crippen LogP contribution in [-0.2, 0) is 24.7 Å². The van der Waals surface area contributed by atoms with Crippen LogP contribution in [0.25, 0.3) is 0 Å². The summed E-state index contributed by atoms with van der Waals surface area (Å²) < 4.78 is 49.0. The molecule has 0 bridgehead atoms. The zero-order chi connectivity index (χ0) is 18.0. The number of likely N-dealkylation sites (N-methyl/N-ethyl adjacent to an activating group) is 1. The maximum absolute atomic E-state index is 12.6. The molecule has 1 amide bonds. The molecule has 0 aromatic heterocycles. The van der Waals surface area contributed by atoms with Gasteiger partial charge in [-0.3, -0.25) is 4.79 Å². The fraction of sp³-hybridized carbons (Fsp3) is 0.500. The van der Waals surface area contributed by atoms with Crippen molar-refractivity contribution in [3.63, 3.8) is 0 Å². The van der Waals surface area contributed by atoms with Crippen LogP contribution in [0.4, 0.5) is 0 Å². The number of nitrogens with one attached hydrogen (secondary N) is 1. The zero-order valence-electron chi connectivity index (χ0n) is 13.1. The third-order valence-electron chi connectivity index (χ3n) is 3.72. The fourth-order valence-corrected chi connectivity index (χ4v) is 5.67. The smallest absolute Gasteiger partial charge is 0.243 e. The monoisotopic (exact) mass is 394 g/mol. The molecule has 1 aliphatic heterocycles. The Bertz CT molecular complexity index is 806. The van der Waals surface area contributed by atoms with Crippen LogP contribution in [0.1, 0.15) is 13.3 Å². The highest BCUT2D eigenvalue weighted by atomic mass is 35.5. The van der Waals surface area contributed by atoms with E-state index in [9.17, 15) is 21.6 Å². The van der Waals surface area contributed by atoms with E-state index < -0.39 is 31.8 Å². The number of sulfone groups is 1. The molecule has 0 spiro atoms. The van der Waals surface area contributed by atoms with Crippen LogP contribution in [0.2, 0.25) is 5.02 Å². The van der Waals surface area contributed by atoms with Crippen LogP contribution in [-0.4, -0.2) is 57.7 Å². The summed E-state index contributed by atoms with van der Waals surface area (Å²) in [6, 6.07) is 5.22. The van der Waals surface area contributed by atoms with E-state index in [2.05, 4.69) is 5.32 Å². The standard InChI is InChI=1S/C14H19ClN2O5S2/c1-2-17(24(21,22)13-5-3-11(15)4-6-13)9-14(18)16-12-7-8-23(19,20)10-12/h3-6,12H,2,7-10H2,1H3,(H,16,18). The van der Waals surface area contributed by atoms with Crippen molar-refractivity contribution >= 4 is 37.4 Å². The molecule has 1 heterocycles. The molecule has 1 saturated heterocycles. The van der Waals surface area contributed by atoms with E-state index in [0.717, 1.165) is 4.31 Å². The van der Waals surface area contributed by atoms with Crippen molar-refractivity contribution in [2.45, 2.75) is 24.3 Å². The lowest BCUT2D eigenvalue weighted by atomic mass is 10.2. The summed E-state index contributed by atoms with van der Waals surface area (Å²) in [6.07, 6.45) is 0.351. The molecule has 10 heteroatoms. The molecule has 1 N–H and O–H groups in total. The summed E-state index contributed by atoms with van der Waals surface area (Å²) in [6.45, 7) is 1.38. The molecule has 7 nitrogen and oxygen atoms in total. The minimum Gasteiger partial charge on any atom is -0.351 e. The van der Waals surface area contributed by atoms with Gasteiger partial charge >= 0.3 is 0 Å². The van der Waals surface area contributed by atoms with Crippen molar-refractivity contribution in [1.29, 1.82) is 0 Å². The molecular formula is C14H19ClN2O5S2. The van der Waals surface area contributed by atoms with Crippen LogP contribution in [0.3, 0.4) is 0 Å². The molecule has 1 aromatic rings. The van der Waals surface area contributed by atoms with Gasteiger partial charge in [0.05, 0.1) is 22.9 Å². The van der Waals surface area contributed by atoms with E-state index in [1.807, 2.05) is 0 Å². The lowest BCUT2D eigenvalue weighted by Gasteiger charge is -2.21. The Morgan fingerprint density at radius 3 is 2.46 bits per heavy atom. The van der Waals surface area contributed by atoms with Crippen molar-refractivity contribution in [1.82, 2.24) is 9.62 Å².